The summed E-state index contributed by atoms with van der Waals surface area (Å²) in [5.41, 5.74) is 1.97. The molecule has 0 radical (unpaired) electrons. The highest BCUT2D eigenvalue weighted by atomic mass is 15.4. The van der Waals surface area contributed by atoms with E-state index in [1.165, 1.54) is 5.82 Å². The second-order valence-electron chi connectivity index (χ2n) is 6.87. The Kier molecular flexibility index (Phi) is 2.98. The van der Waals surface area contributed by atoms with Crippen LogP contribution in [0.15, 0.2) is 42.7 Å². The van der Waals surface area contributed by atoms with Crippen LogP contribution in [-0.2, 0) is 0 Å². The Morgan fingerprint density at radius 2 is 1.75 bits per heavy atom. The number of rotatable bonds is 2. The average Bonchev–Trinajstić information content (AvgIpc) is 3.28. The van der Waals surface area contributed by atoms with E-state index in [0.717, 1.165) is 43.3 Å². The first kappa shape index (κ1) is 13.8. The fourth-order valence-corrected chi connectivity index (χ4v) is 4.15. The average molecular weight is 320 g/mol. The summed E-state index contributed by atoms with van der Waals surface area (Å²) in [7, 11) is 0. The first-order valence-electron chi connectivity index (χ1n) is 8.50. The molecular weight excluding hydrogens is 300 g/mol. The molecule has 24 heavy (non-hydrogen) atoms. The lowest BCUT2D eigenvalue weighted by Crippen LogP contribution is -2.30. The van der Waals surface area contributed by atoms with E-state index in [4.69, 9.17) is 0 Å². The molecule has 3 aromatic heterocycles. The largest absolute Gasteiger partial charge is 0.356 e. The minimum absolute atomic E-state index is 0.686. The van der Waals surface area contributed by atoms with Crippen LogP contribution in [0.2, 0.25) is 0 Å². The van der Waals surface area contributed by atoms with Crippen LogP contribution in [0.5, 0.6) is 0 Å². The number of hydrogen-bond acceptors (Lipinski definition) is 5. The summed E-state index contributed by atoms with van der Waals surface area (Å²) < 4.78 is 1.96. The quantitative estimate of drug-likeness (QED) is 0.723. The van der Waals surface area contributed by atoms with Gasteiger partial charge in [0.15, 0.2) is 5.65 Å². The summed E-state index contributed by atoms with van der Waals surface area (Å²) in [5, 5.41) is 4.45. The zero-order valence-corrected chi connectivity index (χ0v) is 13.7. The normalized spacial score (nSPS) is 23.2. The van der Waals surface area contributed by atoms with Crippen LogP contribution in [0, 0.1) is 18.8 Å². The molecule has 2 aliphatic rings. The van der Waals surface area contributed by atoms with Gasteiger partial charge in [0.25, 0.3) is 0 Å². The van der Waals surface area contributed by atoms with Crippen molar-refractivity contribution in [3.05, 3.63) is 48.4 Å². The van der Waals surface area contributed by atoms with Gasteiger partial charge in [-0.1, -0.05) is 6.07 Å². The molecule has 2 aliphatic heterocycles. The predicted octanol–water partition coefficient (Wildman–Crippen LogP) is 2.01. The maximum absolute atomic E-state index is 4.55. The van der Waals surface area contributed by atoms with Crippen LogP contribution in [-0.4, -0.2) is 45.8 Å². The number of nitrogens with zero attached hydrogens (tertiary/aromatic N) is 6. The molecule has 0 aromatic carbocycles. The van der Waals surface area contributed by atoms with Gasteiger partial charge in [-0.2, -0.15) is 9.61 Å². The lowest BCUT2D eigenvalue weighted by atomic mass is 10.0. The van der Waals surface area contributed by atoms with Crippen LogP contribution in [0.4, 0.5) is 11.6 Å². The number of anilines is 2. The molecule has 0 N–H and O–H groups in total. The zero-order chi connectivity index (χ0) is 16.1. The van der Waals surface area contributed by atoms with Gasteiger partial charge in [-0.3, -0.25) is 0 Å². The van der Waals surface area contributed by atoms with E-state index in [9.17, 15) is 0 Å². The predicted molar refractivity (Wildman–Crippen MR) is 93.4 cm³/mol. The summed E-state index contributed by atoms with van der Waals surface area (Å²) in [5.74, 6) is 3.64. The number of aromatic nitrogens is 4. The highest BCUT2D eigenvalue weighted by molar-refractivity contribution is 5.52. The van der Waals surface area contributed by atoms with Crippen molar-refractivity contribution >= 4 is 17.3 Å². The Balaban J connectivity index is 1.39. The molecule has 5 rings (SSSR count). The van der Waals surface area contributed by atoms with Crippen molar-refractivity contribution in [2.75, 3.05) is 36.0 Å². The molecular formula is C18H20N6. The summed E-state index contributed by atoms with van der Waals surface area (Å²) in [4.78, 5) is 13.9. The molecule has 6 nitrogen and oxygen atoms in total. The van der Waals surface area contributed by atoms with Crippen molar-refractivity contribution in [2.45, 2.75) is 6.92 Å². The summed E-state index contributed by atoms with van der Waals surface area (Å²) in [6.07, 6.45) is 3.70. The highest BCUT2D eigenvalue weighted by Gasteiger charge is 2.41. The minimum atomic E-state index is 0.686. The summed E-state index contributed by atoms with van der Waals surface area (Å²) in [6, 6.07) is 10.3. The SMILES string of the molecule is Cc1cc(N2CC3CN(c4ccccn4)CC3C2)n2nccc2n1. The minimum Gasteiger partial charge on any atom is -0.356 e. The van der Waals surface area contributed by atoms with E-state index in [2.05, 4.69) is 50.0 Å². The van der Waals surface area contributed by atoms with Crippen LogP contribution < -0.4 is 9.80 Å². The van der Waals surface area contributed by atoms with E-state index in [0.29, 0.717) is 11.8 Å². The Labute approximate surface area is 140 Å². The third-order valence-electron chi connectivity index (χ3n) is 5.25. The molecule has 0 aliphatic carbocycles. The van der Waals surface area contributed by atoms with E-state index in [1.54, 1.807) is 0 Å². The van der Waals surface area contributed by atoms with Crippen LogP contribution >= 0.6 is 0 Å². The van der Waals surface area contributed by atoms with Gasteiger partial charge < -0.3 is 9.80 Å². The Bertz CT molecular complexity index is 860. The highest BCUT2D eigenvalue weighted by Crippen LogP contribution is 2.35. The number of hydrogen-bond donors (Lipinski definition) is 0. The molecule has 0 spiro atoms. The second kappa shape index (κ2) is 5.19. The van der Waals surface area contributed by atoms with Gasteiger partial charge in [0, 0.05) is 62.0 Å². The smallest absolute Gasteiger partial charge is 0.157 e. The first-order chi connectivity index (χ1) is 11.8. The van der Waals surface area contributed by atoms with E-state index in [1.807, 2.05) is 29.0 Å². The number of aryl methyl sites for hydroxylation is 1. The van der Waals surface area contributed by atoms with Gasteiger partial charge in [-0.25, -0.2) is 9.97 Å². The summed E-state index contributed by atoms with van der Waals surface area (Å²) in [6.45, 7) is 6.38. The molecule has 0 bridgehead atoms. The fourth-order valence-electron chi connectivity index (χ4n) is 4.15. The third-order valence-corrected chi connectivity index (χ3v) is 5.25. The molecule has 122 valence electrons. The molecule has 6 heteroatoms. The number of pyridine rings is 1. The van der Waals surface area contributed by atoms with Crippen molar-refractivity contribution in [3.8, 4) is 0 Å². The molecule has 0 amide bonds. The first-order valence-corrected chi connectivity index (χ1v) is 8.50. The zero-order valence-electron chi connectivity index (χ0n) is 13.7. The Hall–Kier alpha value is -2.63. The van der Waals surface area contributed by atoms with Gasteiger partial charge in [0.2, 0.25) is 0 Å². The van der Waals surface area contributed by atoms with Gasteiger partial charge in [-0.15, -0.1) is 0 Å². The van der Waals surface area contributed by atoms with Crippen molar-refractivity contribution < 1.29 is 0 Å². The van der Waals surface area contributed by atoms with Gasteiger partial charge >= 0.3 is 0 Å². The van der Waals surface area contributed by atoms with Crippen molar-refractivity contribution in [1.29, 1.82) is 0 Å². The Morgan fingerprint density at radius 3 is 2.50 bits per heavy atom. The molecule has 2 fully saturated rings. The van der Waals surface area contributed by atoms with Gasteiger partial charge in [0.1, 0.15) is 11.6 Å². The topological polar surface area (TPSA) is 49.6 Å². The monoisotopic (exact) mass is 320 g/mol. The van der Waals surface area contributed by atoms with Crippen molar-refractivity contribution in [1.82, 2.24) is 19.6 Å². The van der Waals surface area contributed by atoms with Crippen molar-refractivity contribution in [3.63, 3.8) is 0 Å². The molecule has 2 saturated heterocycles. The number of fused-ring (bicyclic) bond motifs is 2. The third kappa shape index (κ3) is 2.13. The summed E-state index contributed by atoms with van der Waals surface area (Å²) >= 11 is 0. The Morgan fingerprint density at radius 1 is 0.958 bits per heavy atom. The lowest BCUT2D eigenvalue weighted by Gasteiger charge is -2.24. The van der Waals surface area contributed by atoms with Crippen molar-refractivity contribution in [2.24, 2.45) is 11.8 Å². The molecule has 2 unspecified atom stereocenters. The molecule has 0 saturated carbocycles. The van der Waals surface area contributed by atoms with Crippen LogP contribution in [0.25, 0.3) is 5.65 Å². The molecule has 2 atom stereocenters. The van der Waals surface area contributed by atoms with E-state index < -0.39 is 0 Å². The van der Waals surface area contributed by atoms with Crippen LogP contribution in [0.1, 0.15) is 5.69 Å². The molecule has 3 aromatic rings. The van der Waals surface area contributed by atoms with Gasteiger partial charge in [-0.05, 0) is 19.1 Å². The molecule has 5 heterocycles. The van der Waals surface area contributed by atoms with E-state index in [-0.39, 0.29) is 0 Å². The maximum Gasteiger partial charge on any atom is 0.157 e. The van der Waals surface area contributed by atoms with Crippen LogP contribution in [0.3, 0.4) is 0 Å². The standard InChI is InChI=1S/C18H20N6/c1-13-8-18(24-17(21-13)5-7-20-24)23-11-14-9-22(10-15(14)12-23)16-4-2-3-6-19-16/h2-8,14-15H,9-12H2,1H3. The van der Waals surface area contributed by atoms with E-state index >= 15 is 0 Å². The lowest BCUT2D eigenvalue weighted by molar-refractivity contribution is 0.533. The second-order valence-corrected chi connectivity index (χ2v) is 6.87. The fraction of sp³-hybridized carbons (Fsp3) is 0.389. The van der Waals surface area contributed by atoms with Gasteiger partial charge in [0.05, 0.1) is 6.20 Å². The maximum atomic E-state index is 4.55.